The summed E-state index contributed by atoms with van der Waals surface area (Å²) in [5.74, 6) is -2.67. The van der Waals surface area contributed by atoms with E-state index in [1.54, 1.807) is 0 Å². The molecule has 1 amide bonds. The van der Waals surface area contributed by atoms with Crippen molar-refractivity contribution in [2.45, 2.75) is 6.92 Å². The Bertz CT molecular complexity index is 456. The van der Waals surface area contributed by atoms with Crippen LogP contribution in [0.15, 0.2) is 36.5 Å². The first-order chi connectivity index (χ1) is 7.45. The van der Waals surface area contributed by atoms with Gasteiger partial charge < -0.3 is 5.11 Å². The molecular weight excluding hydrogens is 213 g/mol. The van der Waals surface area contributed by atoms with Crippen LogP contribution in [0.1, 0.15) is 6.92 Å². The summed E-state index contributed by atoms with van der Waals surface area (Å²) in [5, 5.41) is 8.74. The third-order valence-electron chi connectivity index (χ3n) is 1.93. The highest BCUT2D eigenvalue weighted by Gasteiger charge is 2.22. The van der Waals surface area contributed by atoms with Gasteiger partial charge in [0.1, 0.15) is 11.5 Å². The third kappa shape index (κ3) is 2.25. The van der Waals surface area contributed by atoms with Crippen LogP contribution >= 0.6 is 0 Å². The highest BCUT2D eigenvalue weighted by Crippen LogP contribution is 2.22. The van der Waals surface area contributed by atoms with Crippen LogP contribution in [0, 0.1) is 5.82 Å². The molecule has 0 spiro atoms. The van der Waals surface area contributed by atoms with Gasteiger partial charge in [-0.1, -0.05) is 18.7 Å². The molecule has 0 radical (unpaired) electrons. The molecule has 0 fully saturated rings. The molecule has 5 heteroatoms. The molecule has 0 atom stereocenters. The van der Waals surface area contributed by atoms with Crippen molar-refractivity contribution >= 4 is 17.6 Å². The van der Waals surface area contributed by atoms with E-state index in [0.717, 1.165) is 17.9 Å². The first-order valence-corrected chi connectivity index (χ1v) is 4.42. The zero-order valence-electron chi connectivity index (χ0n) is 8.61. The van der Waals surface area contributed by atoms with Crippen LogP contribution in [-0.2, 0) is 9.59 Å². The Morgan fingerprint density at radius 1 is 1.38 bits per heavy atom. The quantitative estimate of drug-likeness (QED) is 0.794. The lowest BCUT2D eigenvalue weighted by atomic mass is 10.2. The van der Waals surface area contributed by atoms with Gasteiger partial charge in [-0.15, -0.1) is 0 Å². The highest BCUT2D eigenvalue weighted by molar-refractivity contribution is 6.04. The molecule has 0 saturated carbocycles. The van der Waals surface area contributed by atoms with Crippen LogP contribution in [0.4, 0.5) is 10.1 Å². The monoisotopic (exact) mass is 223 g/mol. The molecule has 1 aromatic carbocycles. The molecule has 1 rings (SSSR count). The number of nitrogens with zero attached hydrogens (tertiary/aromatic N) is 1. The number of anilines is 1. The molecule has 84 valence electrons. The average molecular weight is 223 g/mol. The topological polar surface area (TPSA) is 57.6 Å². The van der Waals surface area contributed by atoms with Crippen molar-refractivity contribution in [2.75, 3.05) is 4.90 Å². The molecule has 1 N–H and O–H groups in total. The van der Waals surface area contributed by atoms with E-state index in [9.17, 15) is 14.0 Å². The predicted molar refractivity (Wildman–Crippen MR) is 56.3 cm³/mol. The summed E-state index contributed by atoms with van der Waals surface area (Å²) in [5.41, 5.74) is -0.611. The van der Waals surface area contributed by atoms with Crippen LogP contribution in [-0.4, -0.2) is 17.0 Å². The van der Waals surface area contributed by atoms with Gasteiger partial charge in [0.2, 0.25) is 5.91 Å². The molecule has 0 heterocycles. The Kier molecular flexibility index (Phi) is 3.40. The van der Waals surface area contributed by atoms with Gasteiger partial charge in [0, 0.05) is 6.92 Å². The molecule has 0 aliphatic heterocycles. The van der Waals surface area contributed by atoms with Gasteiger partial charge in [0.25, 0.3) is 0 Å². The fourth-order valence-corrected chi connectivity index (χ4v) is 1.23. The van der Waals surface area contributed by atoms with Crippen LogP contribution in [0.2, 0.25) is 0 Å². The number of amides is 1. The first-order valence-electron chi connectivity index (χ1n) is 4.42. The number of carboxylic acid groups (broad SMARTS) is 1. The number of aliphatic carboxylic acids is 1. The van der Waals surface area contributed by atoms with Crippen molar-refractivity contribution < 1.29 is 19.1 Å². The Hall–Kier alpha value is -2.17. The average Bonchev–Trinajstić information content (AvgIpc) is 2.20. The largest absolute Gasteiger partial charge is 0.477 e. The third-order valence-corrected chi connectivity index (χ3v) is 1.93. The van der Waals surface area contributed by atoms with Crippen molar-refractivity contribution in [3.63, 3.8) is 0 Å². The van der Waals surface area contributed by atoms with Gasteiger partial charge in [-0.05, 0) is 12.1 Å². The van der Waals surface area contributed by atoms with Crippen LogP contribution in [0.25, 0.3) is 0 Å². The van der Waals surface area contributed by atoms with Gasteiger partial charge in [-0.2, -0.15) is 0 Å². The molecule has 16 heavy (non-hydrogen) atoms. The lowest BCUT2D eigenvalue weighted by Crippen LogP contribution is -2.31. The second-order valence-corrected chi connectivity index (χ2v) is 3.06. The maximum absolute atomic E-state index is 13.4. The number of carbonyl (C=O) groups excluding carboxylic acids is 1. The van der Waals surface area contributed by atoms with E-state index in [2.05, 4.69) is 6.58 Å². The number of hydrogen-bond acceptors (Lipinski definition) is 2. The maximum atomic E-state index is 13.4. The van der Waals surface area contributed by atoms with Gasteiger partial charge >= 0.3 is 5.97 Å². The fourth-order valence-electron chi connectivity index (χ4n) is 1.23. The van der Waals surface area contributed by atoms with E-state index in [4.69, 9.17) is 5.11 Å². The van der Waals surface area contributed by atoms with Gasteiger partial charge in [-0.3, -0.25) is 9.69 Å². The standard InChI is InChI=1S/C11H10FNO3/c1-7(11(15)16)13(8(2)14)10-6-4-3-5-9(10)12/h3-6H,1H2,2H3,(H,15,16). The summed E-state index contributed by atoms with van der Waals surface area (Å²) >= 11 is 0. The number of carboxylic acids is 1. The van der Waals surface area contributed by atoms with Crippen LogP contribution < -0.4 is 4.90 Å². The second kappa shape index (κ2) is 4.57. The minimum atomic E-state index is -1.38. The molecule has 4 nitrogen and oxygen atoms in total. The van der Waals surface area contributed by atoms with Crippen molar-refractivity contribution in [1.29, 1.82) is 0 Å². The summed E-state index contributed by atoms with van der Waals surface area (Å²) in [6, 6.07) is 5.40. The van der Waals surface area contributed by atoms with Crippen molar-refractivity contribution in [2.24, 2.45) is 0 Å². The van der Waals surface area contributed by atoms with Crippen molar-refractivity contribution in [1.82, 2.24) is 0 Å². The van der Waals surface area contributed by atoms with Crippen molar-refractivity contribution in [3.05, 3.63) is 42.4 Å². The SMILES string of the molecule is C=C(C(=O)O)N(C(C)=O)c1ccccc1F. The van der Waals surface area contributed by atoms with E-state index in [0.29, 0.717) is 0 Å². The number of carbonyl (C=O) groups is 2. The molecule has 1 aromatic rings. The van der Waals surface area contributed by atoms with E-state index >= 15 is 0 Å². The Balaban J connectivity index is 3.24. The van der Waals surface area contributed by atoms with Crippen LogP contribution in [0.5, 0.6) is 0 Å². The van der Waals surface area contributed by atoms with E-state index < -0.39 is 23.4 Å². The Morgan fingerprint density at radius 3 is 2.38 bits per heavy atom. The summed E-state index contributed by atoms with van der Waals surface area (Å²) in [7, 11) is 0. The normalized spacial score (nSPS) is 9.62. The summed E-state index contributed by atoms with van der Waals surface area (Å²) in [4.78, 5) is 22.7. The lowest BCUT2D eigenvalue weighted by molar-refractivity contribution is -0.133. The molecule has 0 bridgehead atoms. The molecule has 0 aliphatic rings. The predicted octanol–water partition coefficient (Wildman–Crippen LogP) is 1.78. The minimum absolute atomic E-state index is 0.123. The van der Waals surface area contributed by atoms with Gasteiger partial charge in [0.15, 0.2) is 0 Å². The number of benzene rings is 1. The molecule has 0 aliphatic carbocycles. The number of hydrogen-bond donors (Lipinski definition) is 1. The first kappa shape index (κ1) is 11.9. The zero-order chi connectivity index (χ0) is 12.3. The number of para-hydroxylation sites is 1. The van der Waals surface area contributed by atoms with E-state index in [1.807, 2.05) is 0 Å². The molecular formula is C11H10FNO3. The molecule has 0 aromatic heterocycles. The summed E-state index contributed by atoms with van der Waals surface area (Å²) in [6.45, 7) is 4.37. The second-order valence-electron chi connectivity index (χ2n) is 3.06. The van der Waals surface area contributed by atoms with Gasteiger partial charge in [-0.25, -0.2) is 9.18 Å². The number of rotatable bonds is 3. The molecule has 0 saturated heterocycles. The number of halogens is 1. The fraction of sp³-hybridized carbons (Fsp3) is 0.0909. The maximum Gasteiger partial charge on any atom is 0.352 e. The van der Waals surface area contributed by atoms with Crippen LogP contribution in [0.3, 0.4) is 0 Å². The Labute approximate surface area is 91.6 Å². The van der Waals surface area contributed by atoms with E-state index in [-0.39, 0.29) is 5.69 Å². The summed E-state index contributed by atoms with van der Waals surface area (Å²) < 4.78 is 13.4. The minimum Gasteiger partial charge on any atom is -0.477 e. The van der Waals surface area contributed by atoms with E-state index in [1.165, 1.54) is 18.2 Å². The zero-order valence-corrected chi connectivity index (χ0v) is 8.61. The van der Waals surface area contributed by atoms with Gasteiger partial charge in [0.05, 0.1) is 5.69 Å². The smallest absolute Gasteiger partial charge is 0.352 e. The van der Waals surface area contributed by atoms with Crippen molar-refractivity contribution in [3.8, 4) is 0 Å². The lowest BCUT2D eigenvalue weighted by Gasteiger charge is -2.20. The summed E-state index contributed by atoms with van der Waals surface area (Å²) in [6.07, 6.45) is 0. The molecule has 0 unspecified atom stereocenters. The Morgan fingerprint density at radius 2 is 1.94 bits per heavy atom. The highest BCUT2D eigenvalue weighted by atomic mass is 19.1.